The number of nitrogens with zero attached hydrogens (tertiary/aromatic N) is 3. The smallest absolute Gasteiger partial charge is 0.265 e. The molecule has 6 nitrogen and oxygen atoms in total. The molecule has 0 aliphatic carbocycles. The van der Waals surface area contributed by atoms with E-state index in [0.29, 0.717) is 23.6 Å². The van der Waals surface area contributed by atoms with Gasteiger partial charge in [0.05, 0.1) is 18.2 Å². The van der Waals surface area contributed by atoms with Gasteiger partial charge in [0, 0.05) is 34.5 Å². The Kier molecular flexibility index (Phi) is 5.31. The van der Waals surface area contributed by atoms with Gasteiger partial charge in [-0.1, -0.05) is 28.1 Å². The first-order valence-corrected chi connectivity index (χ1v) is 9.96. The third-order valence-electron chi connectivity index (χ3n) is 4.57. The van der Waals surface area contributed by atoms with E-state index in [4.69, 9.17) is 4.74 Å². The molecule has 2 aromatic carbocycles. The molecule has 0 bridgehead atoms. The standard InChI is InChI=1S/C22H19BrN4O2/c1-3-24-22-25-12-15-13-27(17-8-10-18(29-2)11-9-17)21(28)19(20(15)26-22)14-4-6-16(23)7-5-14/h4-13H,3H2,1-2H3,(H,24,26). The van der Waals surface area contributed by atoms with Crippen molar-refractivity contribution < 1.29 is 4.74 Å². The number of anilines is 1. The van der Waals surface area contributed by atoms with Gasteiger partial charge in [-0.2, -0.15) is 0 Å². The summed E-state index contributed by atoms with van der Waals surface area (Å²) < 4.78 is 7.79. The monoisotopic (exact) mass is 450 g/mol. The average Bonchev–Trinajstić information content (AvgIpc) is 2.75. The lowest BCUT2D eigenvalue weighted by atomic mass is 10.0. The van der Waals surface area contributed by atoms with Crippen molar-refractivity contribution in [3.05, 3.63) is 75.8 Å². The van der Waals surface area contributed by atoms with Gasteiger partial charge in [-0.15, -0.1) is 0 Å². The van der Waals surface area contributed by atoms with Crippen molar-refractivity contribution in [3.63, 3.8) is 0 Å². The normalized spacial score (nSPS) is 10.9. The summed E-state index contributed by atoms with van der Waals surface area (Å²) in [6.07, 6.45) is 3.51. The molecule has 0 atom stereocenters. The maximum absolute atomic E-state index is 13.5. The molecule has 146 valence electrons. The zero-order chi connectivity index (χ0) is 20.4. The van der Waals surface area contributed by atoms with Gasteiger partial charge in [-0.05, 0) is 48.9 Å². The minimum absolute atomic E-state index is 0.147. The van der Waals surface area contributed by atoms with Crippen LogP contribution in [0.3, 0.4) is 0 Å². The van der Waals surface area contributed by atoms with Crippen LogP contribution in [0.5, 0.6) is 5.75 Å². The van der Waals surface area contributed by atoms with Crippen LogP contribution < -0.4 is 15.6 Å². The van der Waals surface area contributed by atoms with Gasteiger partial charge >= 0.3 is 0 Å². The molecule has 4 aromatic rings. The lowest BCUT2D eigenvalue weighted by Crippen LogP contribution is -2.20. The van der Waals surface area contributed by atoms with E-state index in [-0.39, 0.29) is 5.56 Å². The fraction of sp³-hybridized carbons (Fsp3) is 0.136. The minimum Gasteiger partial charge on any atom is -0.497 e. The zero-order valence-corrected chi connectivity index (χ0v) is 17.6. The van der Waals surface area contributed by atoms with E-state index < -0.39 is 0 Å². The van der Waals surface area contributed by atoms with Gasteiger partial charge in [-0.25, -0.2) is 9.97 Å². The highest BCUT2D eigenvalue weighted by atomic mass is 79.9. The number of pyridine rings is 1. The van der Waals surface area contributed by atoms with E-state index in [9.17, 15) is 4.79 Å². The Hall–Kier alpha value is -3.19. The predicted octanol–water partition coefficient (Wildman–Crippen LogP) is 4.65. The SMILES string of the molecule is CCNc1ncc2cn(-c3ccc(OC)cc3)c(=O)c(-c3ccc(Br)cc3)c2n1. The number of benzene rings is 2. The van der Waals surface area contributed by atoms with Crippen LogP contribution >= 0.6 is 15.9 Å². The summed E-state index contributed by atoms with van der Waals surface area (Å²) >= 11 is 3.45. The molecule has 2 aromatic heterocycles. The Balaban J connectivity index is 2.01. The topological polar surface area (TPSA) is 69.0 Å². The highest BCUT2D eigenvalue weighted by Crippen LogP contribution is 2.27. The van der Waals surface area contributed by atoms with Crippen molar-refractivity contribution in [2.24, 2.45) is 0 Å². The lowest BCUT2D eigenvalue weighted by molar-refractivity contribution is 0.414. The van der Waals surface area contributed by atoms with Gasteiger partial charge in [0.15, 0.2) is 0 Å². The Morgan fingerprint density at radius 1 is 1.10 bits per heavy atom. The van der Waals surface area contributed by atoms with Crippen molar-refractivity contribution in [2.75, 3.05) is 19.0 Å². The van der Waals surface area contributed by atoms with Crippen LogP contribution in [-0.4, -0.2) is 28.2 Å². The van der Waals surface area contributed by atoms with Crippen molar-refractivity contribution in [2.45, 2.75) is 6.92 Å². The third kappa shape index (κ3) is 3.73. The quantitative estimate of drug-likeness (QED) is 0.479. The van der Waals surface area contributed by atoms with E-state index in [1.54, 1.807) is 24.1 Å². The van der Waals surface area contributed by atoms with Crippen LogP contribution in [0.4, 0.5) is 5.95 Å². The van der Waals surface area contributed by atoms with Gasteiger partial charge in [0.25, 0.3) is 5.56 Å². The Morgan fingerprint density at radius 2 is 1.83 bits per heavy atom. The van der Waals surface area contributed by atoms with Gasteiger partial charge in [0.1, 0.15) is 5.75 Å². The van der Waals surface area contributed by atoms with E-state index in [0.717, 1.165) is 26.9 Å². The van der Waals surface area contributed by atoms with Crippen LogP contribution in [-0.2, 0) is 0 Å². The number of rotatable bonds is 5. The van der Waals surface area contributed by atoms with Gasteiger partial charge in [0.2, 0.25) is 5.95 Å². The molecule has 4 rings (SSSR count). The molecule has 0 aliphatic heterocycles. The Bertz CT molecular complexity index is 1220. The number of hydrogen-bond acceptors (Lipinski definition) is 5. The molecule has 0 amide bonds. The summed E-state index contributed by atoms with van der Waals surface area (Å²) in [5, 5.41) is 3.89. The first kappa shape index (κ1) is 19.1. The lowest BCUT2D eigenvalue weighted by Gasteiger charge is -2.13. The zero-order valence-electron chi connectivity index (χ0n) is 16.0. The number of fused-ring (bicyclic) bond motifs is 1. The summed E-state index contributed by atoms with van der Waals surface area (Å²) in [7, 11) is 1.61. The second-order valence-electron chi connectivity index (χ2n) is 6.41. The Morgan fingerprint density at radius 3 is 2.48 bits per heavy atom. The van der Waals surface area contributed by atoms with Gasteiger partial charge < -0.3 is 10.1 Å². The molecule has 1 N–H and O–H groups in total. The second-order valence-corrected chi connectivity index (χ2v) is 7.33. The highest BCUT2D eigenvalue weighted by Gasteiger charge is 2.16. The summed E-state index contributed by atoms with van der Waals surface area (Å²) in [5.41, 5.74) is 2.55. The molecular formula is C22H19BrN4O2. The predicted molar refractivity (Wildman–Crippen MR) is 119 cm³/mol. The highest BCUT2D eigenvalue weighted by molar-refractivity contribution is 9.10. The molecule has 0 unspecified atom stereocenters. The molecule has 0 saturated carbocycles. The van der Waals surface area contributed by atoms with E-state index in [1.807, 2.05) is 55.5 Å². The largest absolute Gasteiger partial charge is 0.497 e. The third-order valence-corrected chi connectivity index (χ3v) is 5.10. The van der Waals surface area contributed by atoms with Crippen LogP contribution in [0.15, 0.2) is 70.2 Å². The number of ether oxygens (including phenoxy) is 1. The van der Waals surface area contributed by atoms with E-state index >= 15 is 0 Å². The molecule has 29 heavy (non-hydrogen) atoms. The van der Waals surface area contributed by atoms with Crippen molar-refractivity contribution in [3.8, 4) is 22.6 Å². The summed E-state index contributed by atoms with van der Waals surface area (Å²) in [6, 6.07) is 15.0. The van der Waals surface area contributed by atoms with Gasteiger partial charge in [-0.3, -0.25) is 9.36 Å². The molecule has 0 aliphatic rings. The van der Waals surface area contributed by atoms with Crippen molar-refractivity contribution in [1.82, 2.24) is 14.5 Å². The number of hydrogen-bond donors (Lipinski definition) is 1. The number of aromatic nitrogens is 3. The average molecular weight is 451 g/mol. The van der Waals surface area contributed by atoms with E-state index in [1.165, 1.54) is 0 Å². The van der Waals surface area contributed by atoms with Crippen molar-refractivity contribution in [1.29, 1.82) is 0 Å². The first-order chi connectivity index (χ1) is 14.1. The number of halogens is 1. The fourth-order valence-electron chi connectivity index (χ4n) is 3.16. The Labute approximate surface area is 176 Å². The molecule has 0 radical (unpaired) electrons. The summed E-state index contributed by atoms with van der Waals surface area (Å²) in [6.45, 7) is 2.67. The molecule has 7 heteroatoms. The van der Waals surface area contributed by atoms with Crippen LogP contribution in [0.2, 0.25) is 0 Å². The molecular weight excluding hydrogens is 432 g/mol. The fourth-order valence-corrected chi connectivity index (χ4v) is 3.42. The maximum atomic E-state index is 13.5. The number of nitrogens with one attached hydrogen (secondary N) is 1. The molecule has 2 heterocycles. The second kappa shape index (κ2) is 8.05. The molecule has 0 fully saturated rings. The summed E-state index contributed by atoms with van der Waals surface area (Å²) in [4.78, 5) is 22.5. The molecule has 0 saturated heterocycles. The van der Waals surface area contributed by atoms with Crippen molar-refractivity contribution >= 4 is 32.8 Å². The maximum Gasteiger partial charge on any atom is 0.265 e. The van der Waals surface area contributed by atoms with E-state index in [2.05, 4.69) is 31.2 Å². The number of methoxy groups -OCH3 is 1. The molecule has 0 spiro atoms. The summed E-state index contributed by atoms with van der Waals surface area (Å²) in [5.74, 6) is 1.23. The van der Waals surface area contributed by atoms with Crippen LogP contribution in [0, 0.1) is 0 Å². The van der Waals surface area contributed by atoms with Crippen LogP contribution in [0.25, 0.3) is 27.7 Å². The first-order valence-electron chi connectivity index (χ1n) is 9.17. The minimum atomic E-state index is -0.147. The van der Waals surface area contributed by atoms with Crippen LogP contribution in [0.1, 0.15) is 6.92 Å².